The highest BCUT2D eigenvalue weighted by atomic mass is 16.6. The number of esters is 3. The number of hydrogen-bond donors (Lipinski definition) is 0. The molecule has 0 aromatic heterocycles. The fourth-order valence-corrected chi connectivity index (χ4v) is 8.14. The Kier molecular flexibility index (Phi) is 49.3. The SMILES string of the molecule is CCCCCCCCCC/C=C\CCCCCCCCCCCCCC(=O)OCC(COC(=O)CCCCCCCCCC)OC(=O)CCCCCCCCCCCCCC. The number of ether oxygens (including phenoxy) is 3. The predicted molar refractivity (Wildman–Crippen MR) is 261 cm³/mol. The van der Waals surface area contributed by atoms with Crippen molar-refractivity contribution in [2.45, 2.75) is 309 Å². The van der Waals surface area contributed by atoms with Gasteiger partial charge in [-0.2, -0.15) is 0 Å². The summed E-state index contributed by atoms with van der Waals surface area (Å²) in [6, 6.07) is 0. The third-order valence-corrected chi connectivity index (χ3v) is 12.3. The maximum atomic E-state index is 12.7. The Bertz CT molecular complexity index is 947. The van der Waals surface area contributed by atoms with Crippen molar-refractivity contribution < 1.29 is 28.6 Å². The summed E-state index contributed by atoms with van der Waals surface area (Å²) >= 11 is 0. The maximum absolute atomic E-state index is 12.7. The standard InChI is InChI=1S/C55H104O6/c1-4-7-10-13-16-19-21-23-24-25-26-27-28-29-30-31-32-33-35-36-39-42-45-48-54(57)60-51-52(50-59-53(56)47-44-41-38-18-15-12-9-6-3)61-55(58)49-46-43-40-37-34-22-20-17-14-11-8-5-2/h25-26,52H,4-24,27-51H2,1-3H3/b26-25-. The number of unbranched alkanes of at least 4 members (excludes halogenated alkanes) is 37. The Labute approximate surface area is 380 Å². The van der Waals surface area contributed by atoms with E-state index in [0.717, 1.165) is 57.8 Å². The molecule has 0 aliphatic carbocycles. The van der Waals surface area contributed by atoms with Crippen LogP contribution in [0.3, 0.4) is 0 Å². The number of carbonyl (C=O) groups excluding carboxylic acids is 3. The molecule has 61 heavy (non-hydrogen) atoms. The van der Waals surface area contributed by atoms with Gasteiger partial charge < -0.3 is 14.2 Å². The van der Waals surface area contributed by atoms with Gasteiger partial charge in [-0.05, 0) is 44.9 Å². The van der Waals surface area contributed by atoms with Gasteiger partial charge in [-0.25, -0.2) is 0 Å². The maximum Gasteiger partial charge on any atom is 0.306 e. The first-order valence-corrected chi connectivity index (χ1v) is 27.2. The molecule has 0 saturated heterocycles. The Balaban J connectivity index is 4.13. The summed E-state index contributed by atoms with van der Waals surface area (Å²) in [5.74, 6) is -0.854. The summed E-state index contributed by atoms with van der Waals surface area (Å²) in [5, 5.41) is 0. The Morgan fingerprint density at radius 3 is 0.820 bits per heavy atom. The number of rotatable bonds is 50. The molecule has 0 N–H and O–H groups in total. The lowest BCUT2D eigenvalue weighted by Gasteiger charge is -2.18. The minimum absolute atomic E-state index is 0.0654. The molecule has 0 aliphatic rings. The zero-order valence-electron chi connectivity index (χ0n) is 41.2. The van der Waals surface area contributed by atoms with E-state index in [1.165, 1.54) is 205 Å². The molecule has 6 heteroatoms. The van der Waals surface area contributed by atoms with E-state index >= 15 is 0 Å². The van der Waals surface area contributed by atoms with E-state index in [4.69, 9.17) is 14.2 Å². The van der Waals surface area contributed by atoms with Crippen LogP contribution < -0.4 is 0 Å². The molecule has 0 aliphatic heterocycles. The molecule has 0 aromatic rings. The molecular formula is C55H104O6. The zero-order chi connectivity index (χ0) is 44.4. The molecule has 0 saturated carbocycles. The molecule has 0 bridgehead atoms. The smallest absolute Gasteiger partial charge is 0.306 e. The van der Waals surface area contributed by atoms with Crippen molar-refractivity contribution in [2.24, 2.45) is 0 Å². The van der Waals surface area contributed by atoms with Crippen LogP contribution in [0.1, 0.15) is 303 Å². The normalized spacial score (nSPS) is 12.0. The minimum atomic E-state index is -0.762. The molecule has 1 atom stereocenters. The van der Waals surface area contributed by atoms with Crippen LogP contribution in [0, 0.1) is 0 Å². The lowest BCUT2D eigenvalue weighted by atomic mass is 10.0. The highest BCUT2D eigenvalue weighted by Crippen LogP contribution is 2.16. The van der Waals surface area contributed by atoms with Gasteiger partial charge in [0.05, 0.1) is 0 Å². The van der Waals surface area contributed by atoms with Gasteiger partial charge in [-0.3, -0.25) is 14.4 Å². The van der Waals surface area contributed by atoms with E-state index in [9.17, 15) is 14.4 Å². The summed E-state index contributed by atoms with van der Waals surface area (Å²) in [4.78, 5) is 37.8. The predicted octanol–water partition coefficient (Wildman–Crippen LogP) is 17.8. The van der Waals surface area contributed by atoms with Gasteiger partial charge in [0.25, 0.3) is 0 Å². The molecule has 0 aromatic carbocycles. The van der Waals surface area contributed by atoms with Crippen molar-refractivity contribution >= 4 is 17.9 Å². The Morgan fingerprint density at radius 2 is 0.541 bits per heavy atom. The highest BCUT2D eigenvalue weighted by molar-refractivity contribution is 5.71. The van der Waals surface area contributed by atoms with E-state index in [1.54, 1.807) is 0 Å². The number of hydrogen-bond acceptors (Lipinski definition) is 6. The van der Waals surface area contributed by atoms with Crippen LogP contribution in [-0.2, 0) is 28.6 Å². The summed E-state index contributed by atoms with van der Waals surface area (Å²) in [6.07, 6.45) is 56.5. The van der Waals surface area contributed by atoms with Gasteiger partial charge in [0.15, 0.2) is 6.10 Å². The second-order valence-electron chi connectivity index (χ2n) is 18.5. The summed E-state index contributed by atoms with van der Waals surface area (Å²) in [7, 11) is 0. The minimum Gasteiger partial charge on any atom is -0.462 e. The topological polar surface area (TPSA) is 78.9 Å². The van der Waals surface area contributed by atoms with Crippen LogP contribution in [0.2, 0.25) is 0 Å². The largest absolute Gasteiger partial charge is 0.462 e. The molecule has 6 nitrogen and oxygen atoms in total. The average molecular weight is 861 g/mol. The van der Waals surface area contributed by atoms with Crippen molar-refractivity contribution in [1.82, 2.24) is 0 Å². The first kappa shape index (κ1) is 59.1. The quantitative estimate of drug-likeness (QED) is 0.0262. The molecule has 0 spiro atoms. The van der Waals surface area contributed by atoms with E-state index in [1.807, 2.05) is 0 Å². The second-order valence-corrected chi connectivity index (χ2v) is 18.5. The Hall–Kier alpha value is -1.85. The molecule has 0 amide bonds. The summed E-state index contributed by atoms with van der Waals surface area (Å²) in [5.41, 5.74) is 0. The van der Waals surface area contributed by atoms with Crippen molar-refractivity contribution in [3.8, 4) is 0 Å². The van der Waals surface area contributed by atoms with E-state index in [-0.39, 0.29) is 31.1 Å². The zero-order valence-corrected chi connectivity index (χ0v) is 41.2. The van der Waals surface area contributed by atoms with Crippen molar-refractivity contribution in [3.63, 3.8) is 0 Å². The number of carbonyl (C=O) groups is 3. The molecule has 0 rings (SSSR count). The van der Waals surface area contributed by atoms with Crippen LogP contribution in [0.25, 0.3) is 0 Å². The highest BCUT2D eigenvalue weighted by Gasteiger charge is 2.19. The Morgan fingerprint density at radius 1 is 0.311 bits per heavy atom. The van der Waals surface area contributed by atoms with Crippen LogP contribution in [0.15, 0.2) is 12.2 Å². The van der Waals surface area contributed by atoms with Crippen LogP contribution >= 0.6 is 0 Å². The summed E-state index contributed by atoms with van der Waals surface area (Å²) < 4.78 is 16.8. The van der Waals surface area contributed by atoms with Gasteiger partial charge in [0.2, 0.25) is 0 Å². The molecule has 0 fully saturated rings. The third kappa shape index (κ3) is 49.0. The van der Waals surface area contributed by atoms with Crippen LogP contribution in [-0.4, -0.2) is 37.2 Å². The van der Waals surface area contributed by atoms with Crippen LogP contribution in [0.4, 0.5) is 0 Å². The molecule has 360 valence electrons. The summed E-state index contributed by atoms with van der Waals surface area (Å²) in [6.45, 7) is 6.64. The molecule has 0 heterocycles. The fraction of sp³-hybridized carbons (Fsp3) is 0.909. The number of allylic oxidation sites excluding steroid dienone is 2. The van der Waals surface area contributed by atoms with Gasteiger partial charge in [-0.15, -0.1) is 0 Å². The molecular weight excluding hydrogens is 757 g/mol. The van der Waals surface area contributed by atoms with E-state index < -0.39 is 6.10 Å². The van der Waals surface area contributed by atoms with Gasteiger partial charge in [0.1, 0.15) is 13.2 Å². The fourth-order valence-electron chi connectivity index (χ4n) is 8.14. The van der Waals surface area contributed by atoms with Crippen molar-refractivity contribution in [2.75, 3.05) is 13.2 Å². The average Bonchev–Trinajstić information content (AvgIpc) is 3.26. The first-order valence-electron chi connectivity index (χ1n) is 27.2. The molecule has 1 unspecified atom stereocenters. The van der Waals surface area contributed by atoms with Crippen LogP contribution in [0.5, 0.6) is 0 Å². The molecule has 0 radical (unpaired) electrons. The van der Waals surface area contributed by atoms with Gasteiger partial charge in [-0.1, -0.05) is 251 Å². The third-order valence-electron chi connectivity index (χ3n) is 12.3. The van der Waals surface area contributed by atoms with E-state index in [0.29, 0.717) is 19.3 Å². The lowest BCUT2D eigenvalue weighted by Crippen LogP contribution is -2.30. The monoisotopic (exact) mass is 861 g/mol. The van der Waals surface area contributed by atoms with Crippen molar-refractivity contribution in [1.29, 1.82) is 0 Å². The second kappa shape index (κ2) is 50.8. The van der Waals surface area contributed by atoms with Gasteiger partial charge >= 0.3 is 17.9 Å². The van der Waals surface area contributed by atoms with Gasteiger partial charge in [0, 0.05) is 19.3 Å². The van der Waals surface area contributed by atoms with Crippen molar-refractivity contribution in [3.05, 3.63) is 12.2 Å². The van der Waals surface area contributed by atoms with E-state index in [2.05, 4.69) is 32.9 Å². The lowest BCUT2D eigenvalue weighted by molar-refractivity contribution is -0.167. The first-order chi connectivity index (χ1) is 30.0.